The van der Waals surface area contributed by atoms with Crippen molar-refractivity contribution in [1.29, 1.82) is 0 Å². The molecule has 0 unspecified atom stereocenters. The standard InChI is InChI=1S/C11H15NO3S/c1-15-7-6-12-11(14)8-16-10-5-3-2-4-9(10)13/h2-5,13H,6-8H2,1H3,(H,12,14). The number of ether oxygens (including phenoxy) is 1. The molecule has 1 rings (SSSR count). The number of rotatable bonds is 6. The molecule has 0 spiro atoms. The van der Waals surface area contributed by atoms with Crippen LogP contribution in [0.15, 0.2) is 29.2 Å². The highest BCUT2D eigenvalue weighted by Gasteiger charge is 2.04. The van der Waals surface area contributed by atoms with Crippen LogP contribution in [-0.4, -0.2) is 37.0 Å². The van der Waals surface area contributed by atoms with Gasteiger partial charge in [0.15, 0.2) is 0 Å². The predicted molar refractivity (Wildman–Crippen MR) is 63.7 cm³/mol. The van der Waals surface area contributed by atoms with E-state index in [1.807, 2.05) is 6.07 Å². The third-order valence-electron chi connectivity index (χ3n) is 1.85. The third-order valence-corrected chi connectivity index (χ3v) is 2.92. The van der Waals surface area contributed by atoms with Crippen LogP contribution in [0.2, 0.25) is 0 Å². The molecule has 1 amide bonds. The average molecular weight is 241 g/mol. The Bertz CT molecular complexity index is 344. The molecule has 88 valence electrons. The molecule has 0 saturated carbocycles. The van der Waals surface area contributed by atoms with Gasteiger partial charge in [-0.2, -0.15) is 0 Å². The molecule has 0 bridgehead atoms. The Hall–Kier alpha value is -1.20. The fraction of sp³-hybridized carbons (Fsp3) is 0.364. The molecule has 2 N–H and O–H groups in total. The highest BCUT2D eigenvalue weighted by atomic mass is 32.2. The van der Waals surface area contributed by atoms with E-state index in [4.69, 9.17) is 4.74 Å². The first kappa shape index (κ1) is 12.9. The maximum Gasteiger partial charge on any atom is 0.230 e. The van der Waals surface area contributed by atoms with Crippen LogP contribution >= 0.6 is 11.8 Å². The van der Waals surface area contributed by atoms with Gasteiger partial charge >= 0.3 is 0 Å². The van der Waals surface area contributed by atoms with Gasteiger partial charge in [0.1, 0.15) is 5.75 Å². The number of amides is 1. The summed E-state index contributed by atoms with van der Waals surface area (Å²) in [5.74, 6) is 0.434. The Morgan fingerprint density at radius 3 is 2.94 bits per heavy atom. The van der Waals surface area contributed by atoms with Crippen molar-refractivity contribution in [2.45, 2.75) is 4.90 Å². The summed E-state index contributed by atoms with van der Waals surface area (Å²) in [7, 11) is 1.59. The molecule has 1 aromatic rings. The maximum atomic E-state index is 11.3. The van der Waals surface area contributed by atoms with E-state index in [0.717, 1.165) is 0 Å². The molecule has 0 saturated heterocycles. The highest BCUT2D eigenvalue weighted by Crippen LogP contribution is 2.27. The van der Waals surface area contributed by atoms with E-state index in [9.17, 15) is 9.90 Å². The lowest BCUT2D eigenvalue weighted by Gasteiger charge is -2.05. The largest absolute Gasteiger partial charge is 0.507 e. The summed E-state index contributed by atoms with van der Waals surface area (Å²) in [4.78, 5) is 12.0. The number of hydrogen-bond acceptors (Lipinski definition) is 4. The minimum atomic E-state index is -0.0645. The second-order valence-electron chi connectivity index (χ2n) is 3.10. The third kappa shape index (κ3) is 4.55. The van der Waals surface area contributed by atoms with Gasteiger partial charge in [0.05, 0.1) is 12.4 Å². The Kier molecular flexibility index (Phi) is 5.74. The summed E-state index contributed by atoms with van der Waals surface area (Å²) < 4.78 is 4.81. The van der Waals surface area contributed by atoms with E-state index in [0.29, 0.717) is 23.8 Å². The Labute approximate surface area is 99.0 Å². The van der Waals surface area contributed by atoms with Gasteiger partial charge in [-0.3, -0.25) is 4.79 Å². The smallest absolute Gasteiger partial charge is 0.230 e. The molecule has 0 fully saturated rings. The number of thioether (sulfide) groups is 1. The van der Waals surface area contributed by atoms with Gasteiger partial charge in [0.25, 0.3) is 0 Å². The summed E-state index contributed by atoms with van der Waals surface area (Å²) >= 11 is 1.31. The lowest BCUT2D eigenvalue weighted by Crippen LogP contribution is -2.28. The Balaban J connectivity index is 2.29. The first-order valence-electron chi connectivity index (χ1n) is 4.90. The lowest BCUT2D eigenvalue weighted by atomic mass is 10.3. The molecule has 0 atom stereocenters. The van der Waals surface area contributed by atoms with Crippen LogP contribution in [0, 0.1) is 0 Å². The van der Waals surface area contributed by atoms with Crippen molar-refractivity contribution < 1.29 is 14.6 Å². The highest BCUT2D eigenvalue weighted by molar-refractivity contribution is 8.00. The van der Waals surface area contributed by atoms with E-state index in [1.54, 1.807) is 25.3 Å². The van der Waals surface area contributed by atoms with E-state index in [1.165, 1.54) is 11.8 Å². The van der Waals surface area contributed by atoms with E-state index < -0.39 is 0 Å². The number of hydrogen-bond donors (Lipinski definition) is 2. The number of aromatic hydroxyl groups is 1. The number of carbonyl (C=O) groups is 1. The normalized spacial score (nSPS) is 10.1. The molecule has 4 nitrogen and oxygen atoms in total. The average Bonchev–Trinajstić information content (AvgIpc) is 2.28. The summed E-state index contributed by atoms with van der Waals surface area (Å²) in [6.45, 7) is 1.02. The van der Waals surface area contributed by atoms with E-state index >= 15 is 0 Å². The quantitative estimate of drug-likeness (QED) is 0.581. The SMILES string of the molecule is COCCNC(=O)CSc1ccccc1O. The van der Waals surface area contributed by atoms with Crippen LogP contribution < -0.4 is 5.32 Å². The van der Waals surface area contributed by atoms with Crippen molar-refractivity contribution in [1.82, 2.24) is 5.32 Å². The van der Waals surface area contributed by atoms with Crippen LogP contribution in [0.4, 0.5) is 0 Å². The van der Waals surface area contributed by atoms with Crippen LogP contribution in [-0.2, 0) is 9.53 Å². The van der Waals surface area contributed by atoms with Gasteiger partial charge in [0.2, 0.25) is 5.91 Å². The number of para-hydroxylation sites is 1. The van der Waals surface area contributed by atoms with Crippen molar-refractivity contribution in [2.75, 3.05) is 26.0 Å². The fourth-order valence-electron chi connectivity index (χ4n) is 1.07. The molecule has 0 aliphatic carbocycles. The van der Waals surface area contributed by atoms with Gasteiger partial charge in [-0.1, -0.05) is 12.1 Å². The van der Waals surface area contributed by atoms with Crippen molar-refractivity contribution in [2.24, 2.45) is 0 Å². The van der Waals surface area contributed by atoms with Crippen molar-refractivity contribution in [3.63, 3.8) is 0 Å². The first-order valence-corrected chi connectivity index (χ1v) is 5.89. The van der Waals surface area contributed by atoms with Crippen LogP contribution in [0.3, 0.4) is 0 Å². The minimum Gasteiger partial charge on any atom is -0.507 e. The minimum absolute atomic E-state index is 0.0645. The second-order valence-corrected chi connectivity index (χ2v) is 4.12. The zero-order valence-electron chi connectivity index (χ0n) is 9.10. The first-order chi connectivity index (χ1) is 7.74. The van der Waals surface area contributed by atoms with Gasteiger partial charge in [-0.05, 0) is 12.1 Å². The Morgan fingerprint density at radius 1 is 1.50 bits per heavy atom. The molecule has 5 heteroatoms. The predicted octanol–water partition coefficient (Wildman–Crippen LogP) is 1.25. The summed E-state index contributed by atoms with van der Waals surface area (Å²) in [6, 6.07) is 6.95. The number of phenols is 1. The summed E-state index contributed by atoms with van der Waals surface area (Å²) in [5.41, 5.74) is 0. The van der Waals surface area contributed by atoms with Crippen molar-refractivity contribution in [3.8, 4) is 5.75 Å². The van der Waals surface area contributed by atoms with Gasteiger partial charge < -0.3 is 15.2 Å². The second kappa shape index (κ2) is 7.14. The number of benzene rings is 1. The summed E-state index contributed by atoms with van der Waals surface area (Å²) in [5, 5.41) is 12.2. The molecule has 1 aromatic carbocycles. The lowest BCUT2D eigenvalue weighted by molar-refractivity contribution is -0.118. The Morgan fingerprint density at radius 2 is 2.25 bits per heavy atom. The van der Waals surface area contributed by atoms with Crippen LogP contribution in [0.25, 0.3) is 0 Å². The van der Waals surface area contributed by atoms with Crippen LogP contribution in [0.1, 0.15) is 0 Å². The van der Waals surface area contributed by atoms with Gasteiger partial charge in [0, 0.05) is 18.6 Å². The number of phenolic OH excluding ortho intramolecular Hbond substituents is 1. The van der Waals surface area contributed by atoms with Gasteiger partial charge in [-0.25, -0.2) is 0 Å². The van der Waals surface area contributed by atoms with E-state index in [-0.39, 0.29) is 11.7 Å². The zero-order valence-corrected chi connectivity index (χ0v) is 9.92. The number of methoxy groups -OCH3 is 1. The fourth-order valence-corrected chi connectivity index (χ4v) is 1.85. The molecule has 16 heavy (non-hydrogen) atoms. The van der Waals surface area contributed by atoms with Gasteiger partial charge in [-0.15, -0.1) is 11.8 Å². The van der Waals surface area contributed by atoms with Crippen LogP contribution in [0.5, 0.6) is 5.75 Å². The molecule has 0 radical (unpaired) electrons. The molecular weight excluding hydrogens is 226 g/mol. The van der Waals surface area contributed by atoms with E-state index in [2.05, 4.69) is 5.32 Å². The molecule has 0 aromatic heterocycles. The van der Waals surface area contributed by atoms with Crippen molar-refractivity contribution in [3.05, 3.63) is 24.3 Å². The topological polar surface area (TPSA) is 58.6 Å². The molecule has 0 aliphatic rings. The molecule has 0 heterocycles. The zero-order chi connectivity index (χ0) is 11.8. The number of nitrogens with one attached hydrogen (secondary N) is 1. The van der Waals surface area contributed by atoms with Crippen molar-refractivity contribution >= 4 is 17.7 Å². The molecule has 0 aliphatic heterocycles. The number of carbonyl (C=O) groups excluding carboxylic acids is 1. The maximum absolute atomic E-state index is 11.3. The monoisotopic (exact) mass is 241 g/mol. The molecular formula is C11H15NO3S. The summed E-state index contributed by atoms with van der Waals surface area (Å²) in [6.07, 6.45) is 0.